The highest BCUT2D eigenvalue weighted by molar-refractivity contribution is 5.78. The van der Waals surface area contributed by atoms with Gasteiger partial charge in [0.25, 0.3) is 0 Å². The molecule has 1 saturated heterocycles. The third-order valence-electron chi connectivity index (χ3n) is 2.56. The Morgan fingerprint density at radius 1 is 1.62 bits per heavy atom. The zero-order chi connectivity index (χ0) is 12.0. The molecule has 1 rings (SSSR count). The summed E-state index contributed by atoms with van der Waals surface area (Å²) in [7, 11) is 0. The van der Waals surface area contributed by atoms with Crippen molar-refractivity contribution < 1.29 is 14.3 Å². The van der Waals surface area contributed by atoms with E-state index in [4.69, 9.17) is 4.74 Å². The Bertz CT molecular complexity index is 256. The number of rotatable bonds is 4. The molecule has 0 aromatic heterocycles. The van der Waals surface area contributed by atoms with Gasteiger partial charge < -0.3 is 10.1 Å². The summed E-state index contributed by atoms with van der Waals surface area (Å²) < 4.78 is 4.94. The fraction of sp³-hybridized carbons (Fsp3) is 0.818. The monoisotopic (exact) mass is 228 g/mol. The van der Waals surface area contributed by atoms with Crippen LogP contribution < -0.4 is 5.32 Å². The van der Waals surface area contributed by atoms with Gasteiger partial charge in [0.1, 0.15) is 0 Å². The van der Waals surface area contributed by atoms with E-state index in [0.29, 0.717) is 19.7 Å². The van der Waals surface area contributed by atoms with Crippen LogP contribution in [0.15, 0.2) is 0 Å². The number of nitrogens with one attached hydrogen (secondary N) is 1. The summed E-state index contributed by atoms with van der Waals surface area (Å²) in [6.07, 6.45) is 0.932. The van der Waals surface area contributed by atoms with E-state index < -0.39 is 0 Å². The highest BCUT2D eigenvalue weighted by Crippen LogP contribution is 2.05. The van der Waals surface area contributed by atoms with Crippen molar-refractivity contribution in [3.05, 3.63) is 0 Å². The van der Waals surface area contributed by atoms with E-state index in [0.717, 1.165) is 19.5 Å². The standard InChI is InChI=1S/C11H20N2O3/c1-3-16-11(15)9(2)7-13-6-4-5-12-10(14)8-13/h9H,3-8H2,1-2H3,(H,12,14). The molecule has 1 fully saturated rings. The maximum Gasteiger partial charge on any atom is 0.309 e. The molecule has 1 atom stereocenters. The molecular weight excluding hydrogens is 208 g/mol. The minimum absolute atomic E-state index is 0.0357. The molecule has 0 aliphatic carbocycles. The smallest absolute Gasteiger partial charge is 0.309 e. The molecule has 1 N–H and O–H groups in total. The number of amides is 1. The van der Waals surface area contributed by atoms with Crippen molar-refractivity contribution >= 4 is 11.9 Å². The van der Waals surface area contributed by atoms with E-state index in [1.807, 2.05) is 11.8 Å². The van der Waals surface area contributed by atoms with Crippen molar-refractivity contribution in [3.8, 4) is 0 Å². The number of hydrogen-bond donors (Lipinski definition) is 1. The van der Waals surface area contributed by atoms with E-state index in [-0.39, 0.29) is 17.8 Å². The number of ether oxygens (including phenoxy) is 1. The highest BCUT2D eigenvalue weighted by atomic mass is 16.5. The normalized spacial score (nSPS) is 19.8. The van der Waals surface area contributed by atoms with Crippen LogP contribution in [0.4, 0.5) is 0 Å². The van der Waals surface area contributed by atoms with Crippen molar-refractivity contribution in [2.75, 3.05) is 32.8 Å². The average molecular weight is 228 g/mol. The van der Waals surface area contributed by atoms with Crippen molar-refractivity contribution in [3.63, 3.8) is 0 Å². The van der Waals surface area contributed by atoms with Crippen LogP contribution in [0.1, 0.15) is 20.3 Å². The number of hydrogen-bond acceptors (Lipinski definition) is 4. The molecule has 16 heavy (non-hydrogen) atoms. The molecule has 0 spiro atoms. The molecule has 0 bridgehead atoms. The lowest BCUT2D eigenvalue weighted by Gasteiger charge is -2.21. The summed E-state index contributed by atoms with van der Waals surface area (Å²) in [5.74, 6) is -0.327. The third-order valence-corrected chi connectivity index (χ3v) is 2.56. The van der Waals surface area contributed by atoms with Crippen molar-refractivity contribution in [2.24, 2.45) is 5.92 Å². The Labute approximate surface area is 96.1 Å². The fourth-order valence-electron chi connectivity index (χ4n) is 1.77. The minimum atomic E-state index is -0.188. The predicted octanol–water partition coefficient (Wildman–Crippen LogP) is 0.00750. The first-order valence-corrected chi connectivity index (χ1v) is 5.79. The summed E-state index contributed by atoms with van der Waals surface area (Å²) in [6, 6.07) is 0. The molecule has 0 aromatic rings. The summed E-state index contributed by atoms with van der Waals surface area (Å²) >= 11 is 0. The summed E-state index contributed by atoms with van der Waals surface area (Å²) in [4.78, 5) is 24.7. The van der Waals surface area contributed by atoms with Crippen LogP contribution in [0.2, 0.25) is 0 Å². The van der Waals surface area contributed by atoms with E-state index in [9.17, 15) is 9.59 Å². The van der Waals surface area contributed by atoms with Gasteiger partial charge in [-0.15, -0.1) is 0 Å². The summed E-state index contributed by atoms with van der Waals surface area (Å²) in [5, 5.41) is 2.81. The number of nitrogens with zero attached hydrogens (tertiary/aromatic N) is 1. The largest absolute Gasteiger partial charge is 0.466 e. The molecule has 92 valence electrons. The average Bonchev–Trinajstić information content (AvgIpc) is 2.43. The molecule has 1 amide bonds. The van der Waals surface area contributed by atoms with Crippen LogP contribution in [0.3, 0.4) is 0 Å². The van der Waals surface area contributed by atoms with Crippen molar-refractivity contribution in [2.45, 2.75) is 20.3 Å². The molecule has 0 radical (unpaired) electrons. The Kier molecular flexibility index (Phi) is 5.25. The van der Waals surface area contributed by atoms with E-state index in [1.165, 1.54) is 0 Å². The summed E-state index contributed by atoms with van der Waals surface area (Å²) in [5.41, 5.74) is 0. The molecule has 1 aliphatic rings. The van der Waals surface area contributed by atoms with Gasteiger partial charge in [0.15, 0.2) is 0 Å². The first-order valence-electron chi connectivity index (χ1n) is 5.79. The van der Waals surface area contributed by atoms with Gasteiger partial charge in [-0.05, 0) is 13.3 Å². The molecule has 5 nitrogen and oxygen atoms in total. The van der Waals surface area contributed by atoms with Gasteiger partial charge in [0, 0.05) is 19.6 Å². The van der Waals surface area contributed by atoms with Gasteiger partial charge in [-0.2, -0.15) is 0 Å². The summed E-state index contributed by atoms with van der Waals surface area (Å²) in [6.45, 7) is 6.58. The van der Waals surface area contributed by atoms with Gasteiger partial charge in [0.05, 0.1) is 19.1 Å². The quantitative estimate of drug-likeness (QED) is 0.688. The molecule has 5 heteroatoms. The Hall–Kier alpha value is -1.10. The Morgan fingerprint density at radius 2 is 2.38 bits per heavy atom. The number of carbonyl (C=O) groups excluding carboxylic acids is 2. The first kappa shape index (κ1) is 13.0. The van der Waals surface area contributed by atoms with Gasteiger partial charge in [-0.1, -0.05) is 6.92 Å². The van der Waals surface area contributed by atoms with Gasteiger partial charge in [0.2, 0.25) is 5.91 Å². The van der Waals surface area contributed by atoms with Gasteiger partial charge in [-0.3, -0.25) is 14.5 Å². The van der Waals surface area contributed by atoms with E-state index >= 15 is 0 Å². The SMILES string of the molecule is CCOC(=O)C(C)CN1CCCNC(=O)C1. The molecule has 1 unspecified atom stereocenters. The molecule has 0 saturated carbocycles. The lowest BCUT2D eigenvalue weighted by Crippen LogP contribution is -2.37. The van der Waals surface area contributed by atoms with Crippen LogP contribution in [-0.2, 0) is 14.3 Å². The van der Waals surface area contributed by atoms with Crippen molar-refractivity contribution in [1.29, 1.82) is 0 Å². The zero-order valence-electron chi connectivity index (χ0n) is 9.99. The maximum absolute atomic E-state index is 11.4. The van der Waals surface area contributed by atoms with E-state index in [1.54, 1.807) is 6.92 Å². The second kappa shape index (κ2) is 6.48. The topological polar surface area (TPSA) is 58.6 Å². The Balaban J connectivity index is 2.39. The Morgan fingerprint density at radius 3 is 3.06 bits per heavy atom. The number of carbonyl (C=O) groups is 2. The second-order valence-corrected chi connectivity index (χ2v) is 4.09. The van der Waals surface area contributed by atoms with E-state index in [2.05, 4.69) is 5.32 Å². The van der Waals surface area contributed by atoms with Crippen LogP contribution in [0.5, 0.6) is 0 Å². The first-order chi connectivity index (χ1) is 7.63. The minimum Gasteiger partial charge on any atom is -0.466 e. The van der Waals surface area contributed by atoms with Crippen LogP contribution in [0, 0.1) is 5.92 Å². The fourth-order valence-corrected chi connectivity index (χ4v) is 1.77. The molecule has 1 aliphatic heterocycles. The van der Waals surface area contributed by atoms with Gasteiger partial charge in [-0.25, -0.2) is 0 Å². The predicted molar refractivity (Wildman–Crippen MR) is 59.9 cm³/mol. The highest BCUT2D eigenvalue weighted by Gasteiger charge is 2.21. The lowest BCUT2D eigenvalue weighted by molar-refractivity contribution is -0.148. The number of esters is 1. The second-order valence-electron chi connectivity index (χ2n) is 4.09. The molecule has 0 aromatic carbocycles. The maximum atomic E-state index is 11.4. The molecule has 1 heterocycles. The van der Waals surface area contributed by atoms with Crippen LogP contribution in [0.25, 0.3) is 0 Å². The van der Waals surface area contributed by atoms with Crippen LogP contribution >= 0.6 is 0 Å². The van der Waals surface area contributed by atoms with Crippen molar-refractivity contribution in [1.82, 2.24) is 10.2 Å². The van der Waals surface area contributed by atoms with Gasteiger partial charge >= 0.3 is 5.97 Å². The molecular formula is C11H20N2O3. The third kappa shape index (κ3) is 4.18. The lowest BCUT2D eigenvalue weighted by atomic mass is 10.1. The zero-order valence-corrected chi connectivity index (χ0v) is 9.99. The van der Waals surface area contributed by atoms with Crippen LogP contribution in [-0.4, -0.2) is 49.6 Å².